The Hall–Kier alpha value is -1.81. The average molecular weight is 462 g/mol. The molecule has 0 bridgehead atoms. The lowest BCUT2D eigenvalue weighted by Gasteiger charge is -2.31. The molecule has 1 saturated heterocycles. The molecule has 10 heteroatoms. The second-order valence-electron chi connectivity index (χ2n) is 8.76. The number of rotatable bonds is 6. The maximum atomic E-state index is 13.4. The monoisotopic (exact) mass is 461 g/mol. The largest absolute Gasteiger partial charge is 0.479 e. The lowest BCUT2D eigenvalue weighted by atomic mass is 9.84. The predicted octanol–water partition coefficient (Wildman–Crippen LogP) is 4.80. The highest BCUT2D eigenvalue weighted by Gasteiger charge is 2.50. The van der Waals surface area contributed by atoms with Gasteiger partial charge in [0.25, 0.3) is 11.9 Å². The number of methoxy groups -OCH3 is 1. The maximum Gasteiger partial charge on any atom is 0.479 e. The van der Waals surface area contributed by atoms with E-state index in [4.69, 9.17) is 8.92 Å². The number of nitrogens with zero attached hydrogens (tertiary/aromatic N) is 2. The van der Waals surface area contributed by atoms with Crippen LogP contribution in [-0.4, -0.2) is 52.4 Å². The minimum atomic E-state index is -4.54. The summed E-state index contributed by atoms with van der Waals surface area (Å²) in [6.07, 6.45) is 2.30. The van der Waals surface area contributed by atoms with Gasteiger partial charge in [0.15, 0.2) is 12.0 Å². The molecule has 0 saturated carbocycles. The highest BCUT2D eigenvalue weighted by molar-refractivity contribution is 7.95. The van der Waals surface area contributed by atoms with Gasteiger partial charge in [0, 0.05) is 47.8 Å². The summed E-state index contributed by atoms with van der Waals surface area (Å²) in [5, 5.41) is 0. The summed E-state index contributed by atoms with van der Waals surface area (Å²) in [5.41, 5.74) is -3.88. The van der Waals surface area contributed by atoms with Crippen molar-refractivity contribution < 1.29 is 31.6 Å². The van der Waals surface area contributed by atoms with Gasteiger partial charge >= 0.3 is 5.51 Å². The van der Waals surface area contributed by atoms with Gasteiger partial charge in [-0.1, -0.05) is 6.07 Å². The molecule has 3 rings (SSSR count). The first-order valence-corrected chi connectivity index (χ1v) is 11.0. The number of nitroso groups, excluding NO2 is 1. The number of fused-ring (bicyclic) bond motifs is 1. The number of hydrogen-bond acceptors (Lipinski definition) is 5. The summed E-state index contributed by atoms with van der Waals surface area (Å²) in [4.78, 5) is 28.4. The van der Waals surface area contributed by atoms with Crippen molar-refractivity contribution in [2.45, 2.75) is 75.7 Å². The van der Waals surface area contributed by atoms with E-state index in [-0.39, 0.29) is 30.5 Å². The van der Waals surface area contributed by atoms with Crippen molar-refractivity contribution in [3.8, 4) is 5.75 Å². The number of ether oxygens (including phenoxy) is 1. The molecule has 172 valence electrons. The predicted molar refractivity (Wildman–Crippen MR) is 111 cm³/mol. The van der Waals surface area contributed by atoms with Crippen molar-refractivity contribution in [1.29, 1.82) is 0 Å². The Labute approximate surface area is 184 Å². The van der Waals surface area contributed by atoms with Gasteiger partial charge in [-0.05, 0) is 51.3 Å². The fourth-order valence-electron chi connectivity index (χ4n) is 4.27. The summed E-state index contributed by atoms with van der Waals surface area (Å²) in [6.45, 7) is 6.26. The van der Waals surface area contributed by atoms with Gasteiger partial charge in [-0.25, -0.2) is 0 Å². The Morgan fingerprint density at radius 1 is 1.32 bits per heavy atom. The van der Waals surface area contributed by atoms with E-state index in [1.54, 1.807) is 11.0 Å². The molecule has 6 nitrogen and oxygen atoms in total. The van der Waals surface area contributed by atoms with Crippen LogP contribution in [0.2, 0.25) is 0 Å². The van der Waals surface area contributed by atoms with Crippen LogP contribution in [0.15, 0.2) is 18.2 Å². The van der Waals surface area contributed by atoms with E-state index in [1.165, 1.54) is 19.2 Å². The van der Waals surface area contributed by atoms with E-state index in [9.17, 15) is 22.9 Å². The highest BCUT2D eigenvalue weighted by atomic mass is 32.2. The van der Waals surface area contributed by atoms with Gasteiger partial charge in [-0.2, -0.15) is 13.2 Å². The number of hydrogen-bond donors (Lipinski definition) is 0. The van der Waals surface area contributed by atoms with Crippen LogP contribution in [0.1, 0.15) is 57.2 Å². The molecular weight excluding hydrogens is 433 g/mol. The van der Waals surface area contributed by atoms with Gasteiger partial charge in [-0.3, -0.25) is 4.79 Å². The van der Waals surface area contributed by atoms with Crippen LogP contribution in [0.3, 0.4) is 0 Å². The first-order valence-electron chi connectivity index (χ1n) is 10.3. The lowest BCUT2D eigenvalue weighted by Crippen LogP contribution is -2.50. The number of halogens is 3. The molecule has 2 aliphatic rings. The molecule has 3 unspecified atom stereocenters. The summed E-state index contributed by atoms with van der Waals surface area (Å²) in [6, 6.07) is 3.03. The third kappa shape index (κ3) is 5.52. The summed E-state index contributed by atoms with van der Waals surface area (Å²) in [5.74, 6) is -0.188. The molecule has 1 aromatic carbocycles. The van der Waals surface area contributed by atoms with Crippen LogP contribution < -0.4 is 4.18 Å². The van der Waals surface area contributed by atoms with E-state index in [0.29, 0.717) is 12.1 Å². The lowest BCUT2D eigenvalue weighted by molar-refractivity contribution is -0.622. The molecule has 2 heterocycles. The topological polar surface area (TPSA) is 58.9 Å². The summed E-state index contributed by atoms with van der Waals surface area (Å²) in [7, 11) is 1.53. The number of likely N-dealkylation sites (tertiary alicyclic amines) is 1. The molecule has 1 fully saturated rings. The second-order valence-corrected chi connectivity index (χ2v) is 9.56. The van der Waals surface area contributed by atoms with E-state index < -0.39 is 35.2 Å². The number of amides is 1. The minimum Gasteiger partial charge on any atom is -0.417 e. The van der Waals surface area contributed by atoms with Gasteiger partial charge in [0.1, 0.15) is 5.75 Å². The molecule has 0 aliphatic carbocycles. The van der Waals surface area contributed by atoms with Crippen molar-refractivity contribution in [3.63, 3.8) is 0 Å². The SMILES string of the molecule is COC(C)(C)CC1c2cc(OSC(F)(F)F)ccc2CC(C(=O)N2CCCC2C)[N+]1=O. The Bertz CT molecular complexity index is 846. The van der Waals surface area contributed by atoms with Crippen LogP contribution in [-0.2, 0) is 16.0 Å². The summed E-state index contributed by atoms with van der Waals surface area (Å²) >= 11 is -0.598. The van der Waals surface area contributed by atoms with Crippen molar-refractivity contribution in [2.75, 3.05) is 13.7 Å². The molecule has 3 atom stereocenters. The Morgan fingerprint density at radius 2 is 2.03 bits per heavy atom. The Balaban J connectivity index is 1.93. The van der Waals surface area contributed by atoms with Crippen molar-refractivity contribution in [1.82, 2.24) is 4.90 Å². The molecule has 1 aromatic rings. The van der Waals surface area contributed by atoms with Crippen LogP contribution >= 0.6 is 12.0 Å². The van der Waals surface area contributed by atoms with Crippen molar-refractivity contribution in [2.24, 2.45) is 0 Å². The fourth-order valence-corrected chi connectivity index (χ4v) is 4.56. The van der Waals surface area contributed by atoms with Crippen LogP contribution in [0.5, 0.6) is 5.75 Å². The fraction of sp³-hybridized carbons (Fsp3) is 0.667. The van der Waals surface area contributed by atoms with E-state index >= 15 is 0 Å². The van der Waals surface area contributed by atoms with Gasteiger partial charge in [0.05, 0.1) is 5.60 Å². The van der Waals surface area contributed by atoms with E-state index in [1.807, 2.05) is 20.8 Å². The van der Waals surface area contributed by atoms with Gasteiger partial charge in [0.2, 0.25) is 6.04 Å². The Kier molecular flexibility index (Phi) is 6.90. The molecule has 0 N–H and O–H groups in total. The summed E-state index contributed by atoms with van der Waals surface area (Å²) < 4.78 is 48.7. The quantitative estimate of drug-likeness (QED) is 0.450. The van der Waals surface area contributed by atoms with Crippen LogP contribution in [0.25, 0.3) is 0 Å². The van der Waals surface area contributed by atoms with Crippen molar-refractivity contribution >= 4 is 17.9 Å². The molecule has 1 amide bonds. The van der Waals surface area contributed by atoms with Crippen LogP contribution in [0.4, 0.5) is 13.2 Å². The normalized spacial score (nSPS) is 24.3. The number of benzene rings is 1. The highest BCUT2D eigenvalue weighted by Crippen LogP contribution is 2.40. The molecule has 0 aromatic heterocycles. The molecule has 31 heavy (non-hydrogen) atoms. The zero-order chi connectivity index (χ0) is 23.0. The third-order valence-corrected chi connectivity index (χ3v) is 6.56. The number of alkyl halides is 3. The van der Waals surface area contributed by atoms with E-state index in [0.717, 1.165) is 23.2 Å². The van der Waals surface area contributed by atoms with Gasteiger partial charge < -0.3 is 13.8 Å². The molecule has 0 radical (unpaired) electrons. The minimum absolute atomic E-state index is 0.00707. The molecule has 2 aliphatic heterocycles. The maximum absolute atomic E-state index is 13.4. The van der Waals surface area contributed by atoms with Gasteiger partial charge in [-0.15, -0.1) is 0 Å². The van der Waals surface area contributed by atoms with Crippen LogP contribution in [0, 0.1) is 4.91 Å². The first kappa shape index (κ1) is 23.8. The number of carbonyl (C=O) groups excluding carboxylic acids is 1. The van der Waals surface area contributed by atoms with Crippen molar-refractivity contribution in [3.05, 3.63) is 34.2 Å². The number of carbonyl (C=O) groups is 1. The second kappa shape index (κ2) is 8.97. The third-order valence-electron chi connectivity index (χ3n) is 6.09. The van der Waals surface area contributed by atoms with E-state index in [2.05, 4.69) is 0 Å². The molecular formula is C21H28F3N2O4S+. The average Bonchev–Trinajstić information content (AvgIpc) is 3.13. The zero-order valence-corrected chi connectivity index (χ0v) is 18.9. The standard InChI is InChI=1S/C21H28F3N2O4S/c1-13-6-5-9-25(13)19(27)17-10-14-7-8-15(30-31-21(22,23)24)11-16(14)18(26(17)28)12-20(2,3)29-4/h7-8,11,13,17-18H,5-6,9-10,12H2,1-4H3/q+1. The Morgan fingerprint density at radius 3 is 2.61 bits per heavy atom. The zero-order valence-electron chi connectivity index (χ0n) is 18.1. The first-order chi connectivity index (χ1) is 14.4. The molecule has 0 spiro atoms. The smallest absolute Gasteiger partial charge is 0.417 e.